The van der Waals surface area contributed by atoms with E-state index in [-0.39, 0.29) is 12.0 Å². The van der Waals surface area contributed by atoms with Crippen LogP contribution in [0.3, 0.4) is 0 Å². The van der Waals surface area contributed by atoms with Crippen LogP contribution in [0.25, 0.3) is 0 Å². The summed E-state index contributed by atoms with van der Waals surface area (Å²) in [5.74, 6) is -0.747. The number of primary amides is 1. The summed E-state index contributed by atoms with van der Waals surface area (Å²) in [5, 5.41) is 2.68. The summed E-state index contributed by atoms with van der Waals surface area (Å²) >= 11 is 0. The number of sulfonamides is 1. The van der Waals surface area contributed by atoms with Crippen LogP contribution < -0.4 is 20.1 Å². The summed E-state index contributed by atoms with van der Waals surface area (Å²) in [7, 11) is -3.63. The van der Waals surface area contributed by atoms with E-state index < -0.39 is 27.9 Å². The van der Waals surface area contributed by atoms with Gasteiger partial charge in [-0.15, -0.1) is 0 Å². The molecule has 160 valence electrons. The number of carbonyl (C=O) groups is 2. The van der Waals surface area contributed by atoms with Crippen molar-refractivity contribution in [2.45, 2.75) is 32.3 Å². The first-order chi connectivity index (χ1) is 13.9. The van der Waals surface area contributed by atoms with Gasteiger partial charge in [-0.25, -0.2) is 8.42 Å². The summed E-state index contributed by atoms with van der Waals surface area (Å²) in [4.78, 5) is 23.9. The number of fused-ring (bicyclic) bond motifs is 1. The topological polar surface area (TPSA) is 119 Å². The van der Waals surface area contributed by atoms with Crippen molar-refractivity contribution < 1.29 is 22.7 Å². The number of nitrogens with one attached hydrogen (secondary N) is 1. The van der Waals surface area contributed by atoms with Crippen molar-refractivity contribution in [3.05, 3.63) is 53.6 Å². The third-order valence-electron chi connectivity index (χ3n) is 4.82. The van der Waals surface area contributed by atoms with E-state index in [1.54, 1.807) is 24.3 Å². The zero-order valence-corrected chi connectivity index (χ0v) is 18.1. The number of benzene rings is 2. The Bertz CT molecular complexity index is 1090. The monoisotopic (exact) mass is 431 g/mol. The lowest BCUT2D eigenvalue weighted by Gasteiger charge is -2.35. The van der Waals surface area contributed by atoms with E-state index in [1.807, 2.05) is 26.8 Å². The van der Waals surface area contributed by atoms with Crippen LogP contribution >= 0.6 is 0 Å². The molecule has 1 aliphatic heterocycles. The molecule has 0 spiro atoms. The number of nitrogens with two attached hydrogens (primary N) is 1. The van der Waals surface area contributed by atoms with Crippen LogP contribution in [0.1, 0.15) is 36.7 Å². The largest absolute Gasteiger partial charge is 0.476 e. The Morgan fingerprint density at radius 1 is 1.13 bits per heavy atom. The molecule has 3 rings (SSSR count). The van der Waals surface area contributed by atoms with Crippen LogP contribution in [0.15, 0.2) is 42.5 Å². The minimum atomic E-state index is -3.63. The molecule has 1 unspecified atom stereocenters. The molecule has 0 radical (unpaired) electrons. The smallest absolute Gasteiger partial charge is 0.267 e. The molecular weight excluding hydrogens is 406 g/mol. The molecule has 0 saturated carbocycles. The van der Waals surface area contributed by atoms with Crippen molar-refractivity contribution in [3.63, 3.8) is 0 Å². The maximum absolute atomic E-state index is 12.7. The first-order valence-corrected chi connectivity index (χ1v) is 11.2. The summed E-state index contributed by atoms with van der Waals surface area (Å²) in [5.41, 5.74) is 7.16. The SMILES string of the molecule is CC(C)(C)c1ccc2c(c1)N(S(C)(=O)=O)CC(C(=O)Nc1ccc(C(N)=O)cc1)O2. The van der Waals surface area contributed by atoms with Crippen LogP contribution in [0.2, 0.25) is 0 Å². The average Bonchev–Trinajstić information content (AvgIpc) is 2.65. The fraction of sp³-hybridized carbons (Fsp3) is 0.333. The molecule has 0 aliphatic carbocycles. The van der Waals surface area contributed by atoms with Crippen molar-refractivity contribution in [2.24, 2.45) is 5.73 Å². The van der Waals surface area contributed by atoms with Gasteiger partial charge in [-0.05, 0) is 47.4 Å². The maximum atomic E-state index is 12.7. The van der Waals surface area contributed by atoms with Crippen LogP contribution in [0.4, 0.5) is 11.4 Å². The Morgan fingerprint density at radius 2 is 1.77 bits per heavy atom. The highest BCUT2D eigenvalue weighted by atomic mass is 32.2. The number of hydrogen-bond acceptors (Lipinski definition) is 5. The second kappa shape index (κ2) is 7.64. The minimum Gasteiger partial charge on any atom is -0.476 e. The number of nitrogens with zero attached hydrogens (tertiary/aromatic N) is 1. The average molecular weight is 432 g/mol. The predicted octanol–water partition coefficient (Wildman–Crippen LogP) is 2.25. The fourth-order valence-corrected chi connectivity index (χ4v) is 4.02. The van der Waals surface area contributed by atoms with Gasteiger partial charge in [0.25, 0.3) is 5.91 Å². The number of rotatable bonds is 4. The van der Waals surface area contributed by atoms with E-state index >= 15 is 0 Å². The first kappa shape index (κ1) is 21.6. The molecule has 1 aliphatic rings. The van der Waals surface area contributed by atoms with E-state index in [2.05, 4.69) is 5.32 Å². The molecular formula is C21H25N3O5S. The van der Waals surface area contributed by atoms with Gasteiger partial charge in [0.15, 0.2) is 6.10 Å². The molecule has 2 aromatic carbocycles. The van der Waals surface area contributed by atoms with E-state index in [1.165, 1.54) is 16.4 Å². The highest BCUT2D eigenvalue weighted by Gasteiger charge is 2.36. The maximum Gasteiger partial charge on any atom is 0.267 e. The Balaban J connectivity index is 1.88. The van der Waals surface area contributed by atoms with Gasteiger partial charge in [0.05, 0.1) is 18.5 Å². The van der Waals surface area contributed by atoms with Crippen LogP contribution in [0.5, 0.6) is 5.75 Å². The first-order valence-electron chi connectivity index (χ1n) is 9.36. The van der Waals surface area contributed by atoms with Gasteiger partial charge >= 0.3 is 0 Å². The molecule has 30 heavy (non-hydrogen) atoms. The highest BCUT2D eigenvalue weighted by Crippen LogP contribution is 2.38. The molecule has 9 heteroatoms. The van der Waals surface area contributed by atoms with Gasteiger partial charge in [-0.3, -0.25) is 13.9 Å². The van der Waals surface area contributed by atoms with Crippen molar-refractivity contribution in [1.29, 1.82) is 0 Å². The summed E-state index contributed by atoms with van der Waals surface area (Å²) in [6.45, 7) is 5.94. The Hall–Kier alpha value is -3.07. The summed E-state index contributed by atoms with van der Waals surface area (Å²) in [6.07, 6.45) is 0.0622. The van der Waals surface area contributed by atoms with Gasteiger partial charge < -0.3 is 15.8 Å². The summed E-state index contributed by atoms with van der Waals surface area (Å²) in [6, 6.07) is 11.4. The molecule has 1 heterocycles. The lowest BCUT2D eigenvalue weighted by atomic mass is 9.86. The molecule has 8 nitrogen and oxygen atoms in total. The lowest BCUT2D eigenvalue weighted by Crippen LogP contribution is -2.48. The quantitative estimate of drug-likeness (QED) is 0.770. The lowest BCUT2D eigenvalue weighted by molar-refractivity contribution is -0.122. The number of amides is 2. The number of carbonyl (C=O) groups excluding carboxylic acids is 2. The molecule has 0 aromatic heterocycles. The van der Waals surface area contributed by atoms with E-state index in [9.17, 15) is 18.0 Å². The highest BCUT2D eigenvalue weighted by molar-refractivity contribution is 7.92. The second-order valence-corrected chi connectivity index (χ2v) is 10.2. The van der Waals surface area contributed by atoms with Crippen LogP contribution in [-0.4, -0.2) is 39.1 Å². The normalized spacial score (nSPS) is 16.4. The van der Waals surface area contributed by atoms with Gasteiger partial charge in [-0.1, -0.05) is 26.8 Å². The molecule has 1 atom stereocenters. The Kier molecular flexibility index (Phi) is 5.51. The van der Waals surface area contributed by atoms with Crippen molar-refractivity contribution >= 4 is 33.2 Å². The van der Waals surface area contributed by atoms with Crippen molar-refractivity contribution in [3.8, 4) is 5.75 Å². The third-order valence-corrected chi connectivity index (χ3v) is 5.97. The van der Waals surface area contributed by atoms with Crippen LogP contribution in [0, 0.1) is 0 Å². The zero-order chi connectivity index (χ0) is 22.3. The standard InChI is InChI=1S/C21H25N3O5S/c1-21(2,3)14-7-10-17-16(11-14)24(30(4,27)28)12-18(29-17)20(26)23-15-8-5-13(6-9-15)19(22)25/h5-11,18H,12H2,1-4H3,(H2,22,25)(H,23,26). The number of hydrogen-bond donors (Lipinski definition) is 2. The Morgan fingerprint density at radius 3 is 2.30 bits per heavy atom. The third kappa shape index (κ3) is 4.56. The zero-order valence-electron chi connectivity index (χ0n) is 17.3. The summed E-state index contributed by atoms with van der Waals surface area (Å²) < 4.78 is 31.9. The van der Waals surface area contributed by atoms with Gasteiger partial charge in [0.2, 0.25) is 15.9 Å². The van der Waals surface area contributed by atoms with E-state index in [0.717, 1.165) is 11.8 Å². The molecule has 0 bridgehead atoms. The molecule has 2 amide bonds. The van der Waals surface area contributed by atoms with Crippen molar-refractivity contribution in [2.75, 3.05) is 22.4 Å². The van der Waals surface area contributed by atoms with Crippen LogP contribution in [-0.2, 0) is 20.2 Å². The van der Waals surface area contributed by atoms with Gasteiger partial charge in [-0.2, -0.15) is 0 Å². The number of ether oxygens (including phenoxy) is 1. The molecule has 0 fully saturated rings. The van der Waals surface area contributed by atoms with E-state index in [0.29, 0.717) is 22.7 Å². The van der Waals surface area contributed by atoms with Crippen molar-refractivity contribution in [1.82, 2.24) is 0 Å². The fourth-order valence-electron chi connectivity index (χ4n) is 3.11. The Labute approximate surface area is 176 Å². The number of anilines is 2. The minimum absolute atomic E-state index is 0.148. The van der Waals surface area contributed by atoms with E-state index in [4.69, 9.17) is 10.5 Å². The van der Waals surface area contributed by atoms with Gasteiger partial charge in [0, 0.05) is 11.3 Å². The predicted molar refractivity (Wildman–Crippen MR) is 115 cm³/mol. The second-order valence-electron chi connectivity index (χ2n) is 8.26. The molecule has 3 N–H and O–H groups in total. The molecule has 0 saturated heterocycles. The molecule has 2 aromatic rings. The van der Waals surface area contributed by atoms with Gasteiger partial charge in [0.1, 0.15) is 5.75 Å².